The smallest absolute Gasteiger partial charge is 0.241 e. The van der Waals surface area contributed by atoms with E-state index in [-0.39, 0.29) is 11.9 Å². The Hall–Kier alpha value is -1.99. The summed E-state index contributed by atoms with van der Waals surface area (Å²) in [5.74, 6) is 0.907. The molecular weight excluding hydrogens is 394 g/mol. The zero-order valence-corrected chi connectivity index (χ0v) is 16.7. The molecule has 3 rings (SSSR count). The number of hydrogen-bond acceptors (Lipinski definition) is 5. The molecule has 1 aliphatic heterocycles. The maximum atomic E-state index is 12.6. The van der Waals surface area contributed by atoms with E-state index >= 15 is 0 Å². The molecule has 1 N–H and O–H groups in total. The van der Waals surface area contributed by atoms with Gasteiger partial charge in [-0.3, -0.25) is 9.69 Å². The van der Waals surface area contributed by atoms with E-state index in [9.17, 15) is 4.79 Å². The average Bonchev–Trinajstić information content (AvgIpc) is 3.09. The number of halogens is 1. The summed E-state index contributed by atoms with van der Waals surface area (Å²) in [6.45, 7) is 3.73. The molecular formula is C19H24BrN5O. The number of nitrogens with one attached hydrogen (secondary N) is 1. The van der Waals surface area contributed by atoms with Gasteiger partial charge in [0, 0.05) is 35.5 Å². The van der Waals surface area contributed by atoms with Crippen LogP contribution < -0.4 is 10.2 Å². The Morgan fingerprint density at radius 3 is 3.00 bits per heavy atom. The van der Waals surface area contributed by atoms with Crippen LogP contribution in [0.3, 0.4) is 0 Å². The second-order valence-electron chi connectivity index (χ2n) is 6.69. The lowest BCUT2D eigenvalue weighted by Crippen LogP contribution is -2.46. The third-order valence-electron chi connectivity index (χ3n) is 4.86. The van der Waals surface area contributed by atoms with Crippen molar-refractivity contribution in [3.63, 3.8) is 0 Å². The van der Waals surface area contributed by atoms with Gasteiger partial charge >= 0.3 is 0 Å². The lowest BCUT2D eigenvalue weighted by molar-refractivity contribution is -0.120. The van der Waals surface area contributed by atoms with Crippen LogP contribution in [0.15, 0.2) is 47.1 Å². The van der Waals surface area contributed by atoms with E-state index in [1.807, 2.05) is 50.4 Å². The fourth-order valence-electron chi connectivity index (χ4n) is 3.28. The van der Waals surface area contributed by atoms with Crippen molar-refractivity contribution < 1.29 is 4.79 Å². The van der Waals surface area contributed by atoms with Crippen molar-refractivity contribution in [3.05, 3.63) is 47.1 Å². The van der Waals surface area contributed by atoms with Gasteiger partial charge < -0.3 is 10.2 Å². The molecule has 26 heavy (non-hydrogen) atoms. The highest BCUT2D eigenvalue weighted by molar-refractivity contribution is 9.10. The Balaban J connectivity index is 1.59. The Labute approximate surface area is 162 Å². The van der Waals surface area contributed by atoms with Crippen molar-refractivity contribution in [1.82, 2.24) is 15.1 Å². The molecule has 7 heteroatoms. The van der Waals surface area contributed by atoms with Crippen molar-refractivity contribution in [2.45, 2.75) is 31.8 Å². The van der Waals surface area contributed by atoms with Gasteiger partial charge in [0.25, 0.3) is 0 Å². The summed E-state index contributed by atoms with van der Waals surface area (Å²) in [5, 5.41) is 11.2. The molecule has 2 atom stereocenters. The van der Waals surface area contributed by atoms with E-state index in [0.717, 1.165) is 41.9 Å². The summed E-state index contributed by atoms with van der Waals surface area (Å²) >= 11 is 3.43. The van der Waals surface area contributed by atoms with Crippen molar-refractivity contribution in [3.8, 4) is 0 Å². The number of benzene rings is 1. The number of carbonyl (C=O) groups is 1. The summed E-state index contributed by atoms with van der Waals surface area (Å²) in [4.78, 5) is 17.0. The first kappa shape index (κ1) is 18.8. The van der Waals surface area contributed by atoms with Gasteiger partial charge in [-0.15, -0.1) is 5.10 Å². The number of nitrogens with zero attached hydrogens (tertiary/aromatic N) is 4. The molecule has 1 amide bonds. The zero-order chi connectivity index (χ0) is 18.5. The molecule has 1 aromatic heterocycles. The van der Waals surface area contributed by atoms with E-state index in [2.05, 4.69) is 41.2 Å². The SMILES string of the molecule is CC(C(=O)Nc1cccc(Br)c1)N(C)CC1CCCN1c1cccnn1. The van der Waals surface area contributed by atoms with E-state index < -0.39 is 0 Å². The number of carbonyl (C=O) groups excluding carboxylic acids is 1. The minimum absolute atomic E-state index is 0.00495. The van der Waals surface area contributed by atoms with Crippen LogP contribution in [-0.2, 0) is 4.79 Å². The topological polar surface area (TPSA) is 61.4 Å². The highest BCUT2D eigenvalue weighted by Gasteiger charge is 2.29. The van der Waals surface area contributed by atoms with Crippen LogP contribution in [0.25, 0.3) is 0 Å². The van der Waals surface area contributed by atoms with Gasteiger partial charge in [-0.25, -0.2) is 0 Å². The lowest BCUT2D eigenvalue weighted by atomic mass is 10.1. The normalized spacial score (nSPS) is 18.2. The summed E-state index contributed by atoms with van der Waals surface area (Å²) in [6, 6.07) is 11.7. The number of likely N-dealkylation sites (N-methyl/N-ethyl adjacent to an activating group) is 1. The van der Waals surface area contributed by atoms with Gasteiger partial charge in [0.05, 0.1) is 6.04 Å². The van der Waals surface area contributed by atoms with Crippen molar-refractivity contribution in [1.29, 1.82) is 0 Å². The number of hydrogen-bond donors (Lipinski definition) is 1. The van der Waals surface area contributed by atoms with Crippen LogP contribution >= 0.6 is 15.9 Å². The maximum Gasteiger partial charge on any atom is 0.241 e. The summed E-state index contributed by atoms with van der Waals surface area (Å²) < 4.78 is 0.946. The molecule has 0 saturated carbocycles. The van der Waals surface area contributed by atoms with Crippen LogP contribution in [0.1, 0.15) is 19.8 Å². The summed E-state index contributed by atoms with van der Waals surface area (Å²) in [5.41, 5.74) is 0.798. The molecule has 1 fully saturated rings. The quantitative estimate of drug-likeness (QED) is 0.781. The number of rotatable bonds is 6. The summed E-state index contributed by atoms with van der Waals surface area (Å²) in [6.07, 6.45) is 3.92. The van der Waals surface area contributed by atoms with Gasteiger partial charge in [-0.1, -0.05) is 22.0 Å². The molecule has 0 spiro atoms. The van der Waals surface area contributed by atoms with Gasteiger partial charge in [0.15, 0.2) is 5.82 Å². The molecule has 138 valence electrons. The highest BCUT2D eigenvalue weighted by Crippen LogP contribution is 2.24. The Morgan fingerprint density at radius 1 is 1.42 bits per heavy atom. The number of aromatic nitrogens is 2. The fraction of sp³-hybridized carbons (Fsp3) is 0.421. The van der Waals surface area contributed by atoms with Crippen molar-refractivity contribution >= 4 is 33.3 Å². The van der Waals surface area contributed by atoms with Gasteiger partial charge in [0.2, 0.25) is 5.91 Å². The predicted molar refractivity (Wildman–Crippen MR) is 107 cm³/mol. The fourth-order valence-corrected chi connectivity index (χ4v) is 3.68. The van der Waals surface area contributed by atoms with Crippen molar-refractivity contribution in [2.24, 2.45) is 0 Å². The molecule has 0 bridgehead atoms. The Bertz CT molecular complexity index is 742. The van der Waals surface area contributed by atoms with E-state index in [1.54, 1.807) is 6.20 Å². The minimum Gasteiger partial charge on any atom is -0.351 e. The second-order valence-corrected chi connectivity index (χ2v) is 7.60. The van der Waals surface area contributed by atoms with Crippen LogP contribution in [0.5, 0.6) is 0 Å². The molecule has 6 nitrogen and oxygen atoms in total. The van der Waals surface area contributed by atoms with Gasteiger partial charge in [-0.2, -0.15) is 5.10 Å². The van der Waals surface area contributed by atoms with Crippen LogP contribution in [0.4, 0.5) is 11.5 Å². The lowest BCUT2D eigenvalue weighted by Gasteiger charge is -2.31. The maximum absolute atomic E-state index is 12.6. The Morgan fingerprint density at radius 2 is 2.27 bits per heavy atom. The monoisotopic (exact) mass is 417 g/mol. The van der Waals surface area contributed by atoms with Crippen LogP contribution in [0.2, 0.25) is 0 Å². The van der Waals surface area contributed by atoms with E-state index in [0.29, 0.717) is 6.04 Å². The number of anilines is 2. The van der Waals surface area contributed by atoms with E-state index in [1.165, 1.54) is 0 Å². The molecule has 2 heterocycles. The molecule has 1 saturated heterocycles. The third-order valence-corrected chi connectivity index (χ3v) is 5.35. The first-order valence-corrected chi connectivity index (χ1v) is 9.65. The highest BCUT2D eigenvalue weighted by atomic mass is 79.9. The molecule has 1 aromatic carbocycles. The standard InChI is InChI=1S/C19H24BrN5O/c1-14(19(26)22-16-7-3-6-15(20)12-16)24(2)13-17-8-5-11-25(17)18-9-4-10-21-23-18/h3-4,6-7,9-10,12,14,17H,5,8,11,13H2,1-2H3,(H,22,26). The average molecular weight is 418 g/mol. The summed E-state index contributed by atoms with van der Waals surface area (Å²) in [7, 11) is 2.00. The van der Waals surface area contributed by atoms with Gasteiger partial charge in [0.1, 0.15) is 0 Å². The first-order valence-electron chi connectivity index (χ1n) is 8.85. The van der Waals surface area contributed by atoms with Crippen LogP contribution in [-0.4, -0.2) is 53.2 Å². The predicted octanol–water partition coefficient (Wildman–Crippen LogP) is 3.17. The number of amides is 1. The minimum atomic E-state index is -0.224. The van der Waals surface area contributed by atoms with Crippen molar-refractivity contribution in [2.75, 3.05) is 30.4 Å². The van der Waals surface area contributed by atoms with Crippen LogP contribution in [0, 0.1) is 0 Å². The molecule has 1 aliphatic rings. The third kappa shape index (κ3) is 4.59. The largest absolute Gasteiger partial charge is 0.351 e. The molecule has 2 unspecified atom stereocenters. The first-order chi connectivity index (χ1) is 12.5. The van der Waals surface area contributed by atoms with E-state index in [4.69, 9.17) is 0 Å². The second kappa shape index (κ2) is 8.60. The molecule has 0 aliphatic carbocycles. The molecule has 0 radical (unpaired) electrons. The van der Waals surface area contributed by atoms with Gasteiger partial charge in [-0.05, 0) is 57.1 Å². The Kier molecular flexibility index (Phi) is 6.21. The zero-order valence-electron chi connectivity index (χ0n) is 15.1. The molecule has 2 aromatic rings.